The number of aromatic nitrogens is 3. The minimum Gasteiger partial charge on any atom is -0.361 e. The number of nitrogens with one attached hydrogen (secondary N) is 2. The molecule has 0 fully saturated rings. The van der Waals surface area contributed by atoms with E-state index in [1.54, 1.807) is 25.1 Å². The van der Waals surface area contributed by atoms with Gasteiger partial charge in [0.15, 0.2) is 5.69 Å². The van der Waals surface area contributed by atoms with Crippen molar-refractivity contribution >= 4 is 16.8 Å². The molecular weight excluding hydrogens is 371 g/mol. The van der Waals surface area contributed by atoms with Gasteiger partial charge >= 0.3 is 0 Å². The normalized spacial score (nSPS) is 11.0. The molecule has 29 heavy (non-hydrogen) atoms. The number of carbonyl (C=O) groups is 1. The molecule has 0 aliphatic heterocycles. The van der Waals surface area contributed by atoms with Crippen LogP contribution in [0.15, 0.2) is 65.6 Å². The van der Waals surface area contributed by atoms with Crippen LogP contribution in [-0.2, 0) is 6.42 Å². The van der Waals surface area contributed by atoms with Gasteiger partial charge in [0.2, 0.25) is 5.43 Å². The van der Waals surface area contributed by atoms with Gasteiger partial charge in [-0.05, 0) is 37.1 Å². The third-order valence-corrected chi connectivity index (χ3v) is 4.76. The van der Waals surface area contributed by atoms with E-state index in [-0.39, 0.29) is 11.4 Å². The van der Waals surface area contributed by atoms with Crippen molar-refractivity contribution in [2.24, 2.45) is 0 Å². The van der Waals surface area contributed by atoms with Crippen LogP contribution in [0.3, 0.4) is 0 Å². The van der Waals surface area contributed by atoms with Gasteiger partial charge in [0.1, 0.15) is 11.5 Å². The summed E-state index contributed by atoms with van der Waals surface area (Å²) in [5.74, 6) is -1.07. The van der Waals surface area contributed by atoms with Crippen molar-refractivity contribution < 1.29 is 9.18 Å². The van der Waals surface area contributed by atoms with Crippen molar-refractivity contribution in [2.45, 2.75) is 13.3 Å². The third kappa shape index (κ3) is 3.67. The number of hydrogen-bond acceptors (Lipinski definition) is 3. The summed E-state index contributed by atoms with van der Waals surface area (Å²) in [6.07, 6.45) is 2.51. The van der Waals surface area contributed by atoms with Crippen molar-refractivity contribution in [1.29, 1.82) is 0 Å². The lowest BCUT2D eigenvalue weighted by atomic mass is 10.1. The zero-order valence-electron chi connectivity index (χ0n) is 15.8. The number of H-pyrrole nitrogens is 1. The topological polar surface area (TPSA) is 79.8 Å². The van der Waals surface area contributed by atoms with Crippen molar-refractivity contribution in [1.82, 2.24) is 20.1 Å². The maximum Gasteiger partial charge on any atom is 0.275 e. The fraction of sp³-hybridized carbons (Fsp3) is 0.136. The van der Waals surface area contributed by atoms with Gasteiger partial charge in [0, 0.05) is 35.4 Å². The van der Waals surface area contributed by atoms with Crippen molar-refractivity contribution in [3.05, 3.63) is 93.8 Å². The Kier molecular flexibility index (Phi) is 4.95. The molecule has 0 atom stereocenters. The first-order chi connectivity index (χ1) is 14.0. The highest BCUT2D eigenvalue weighted by Crippen LogP contribution is 2.17. The summed E-state index contributed by atoms with van der Waals surface area (Å²) in [4.78, 5) is 28.0. The van der Waals surface area contributed by atoms with Gasteiger partial charge in [-0.3, -0.25) is 9.59 Å². The molecule has 2 N–H and O–H groups in total. The van der Waals surface area contributed by atoms with E-state index in [4.69, 9.17) is 0 Å². The summed E-state index contributed by atoms with van der Waals surface area (Å²) in [5.41, 5.74) is 1.95. The van der Waals surface area contributed by atoms with Gasteiger partial charge in [0.05, 0.1) is 0 Å². The molecule has 0 saturated heterocycles. The van der Waals surface area contributed by atoms with Crippen LogP contribution in [0.1, 0.15) is 21.7 Å². The molecule has 0 aliphatic rings. The van der Waals surface area contributed by atoms with Crippen molar-refractivity contribution in [2.75, 3.05) is 6.54 Å². The quantitative estimate of drug-likeness (QED) is 0.549. The van der Waals surface area contributed by atoms with E-state index in [1.807, 2.05) is 30.5 Å². The summed E-state index contributed by atoms with van der Waals surface area (Å²) >= 11 is 0. The lowest BCUT2D eigenvalue weighted by Gasteiger charge is -2.12. The number of halogens is 1. The summed E-state index contributed by atoms with van der Waals surface area (Å²) in [5, 5.41) is 7.94. The monoisotopic (exact) mass is 390 g/mol. The van der Waals surface area contributed by atoms with E-state index in [0.717, 1.165) is 16.5 Å². The molecule has 7 heteroatoms. The van der Waals surface area contributed by atoms with Gasteiger partial charge < -0.3 is 10.3 Å². The van der Waals surface area contributed by atoms with Crippen molar-refractivity contribution in [3.8, 4) is 5.69 Å². The Bertz CT molecular complexity index is 1260. The molecule has 0 aliphatic carbocycles. The van der Waals surface area contributed by atoms with Crippen LogP contribution < -0.4 is 10.7 Å². The number of rotatable bonds is 5. The SMILES string of the molecule is Cc1cc(=O)c(C(=O)NCCc2c[nH]c3ccccc23)nn1-c1ccccc1F. The number of nitrogens with zero attached hydrogens (tertiary/aromatic N) is 2. The molecular formula is C22H19FN4O2. The van der Waals surface area contributed by atoms with Crippen LogP contribution in [0.4, 0.5) is 4.39 Å². The van der Waals surface area contributed by atoms with Crippen LogP contribution in [0.2, 0.25) is 0 Å². The number of para-hydroxylation sites is 2. The Morgan fingerprint density at radius 3 is 2.76 bits per heavy atom. The fourth-order valence-electron chi connectivity index (χ4n) is 3.30. The second-order valence-electron chi connectivity index (χ2n) is 6.73. The van der Waals surface area contributed by atoms with E-state index in [9.17, 15) is 14.0 Å². The number of aryl methyl sites for hydroxylation is 1. The summed E-state index contributed by atoms with van der Waals surface area (Å²) in [6, 6.07) is 15.3. The van der Waals surface area contributed by atoms with Crippen LogP contribution in [0.5, 0.6) is 0 Å². The molecule has 146 valence electrons. The minimum absolute atomic E-state index is 0.179. The maximum absolute atomic E-state index is 14.1. The second-order valence-corrected chi connectivity index (χ2v) is 6.73. The Hall–Kier alpha value is -3.74. The highest BCUT2D eigenvalue weighted by Gasteiger charge is 2.16. The van der Waals surface area contributed by atoms with Gasteiger partial charge in [-0.1, -0.05) is 30.3 Å². The summed E-state index contributed by atoms with van der Waals surface area (Å²) < 4.78 is 15.4. The maximum atomic E-state index is 14.1. The highest BCUT2D eigenvalue weighted by molar-refractivity contribution is 5.92. The molecule has 6 nitrogen and oxygen atoms in total. The average molecular weight is 390 g/mol. The van der Waals surface area contributed by atoms with Gasteiger partial charge in [0.25, 0.3) is 5.91 Å². The Balaban J connectivity index is 1.53. The molecule has 2 aromatic carbocycles. The fourth-order valence-corrected chi connectivity index (χ4v) is 3.30. The predicted octanol–water partition coefficient (Wildman–Crippen LogP) is 3.13. The Morgan fingerprint density at radius 2 is 1.93 bits per heavy atom. The molecule has 0 bridgehead atoms. The number of fused-ring (bicyclic) bond motifs is 1. The summed E-state index contributed by atoms with van der Waals surface area (Å²) in [7, 11) is 0. The molecule has 0 radical (unpaired) electrons. The molecule has 0 unspecified atom stereocenters. The number of benzene rings is 2. The Morgan fingerprint density at radius 1 is 1.17 bits per heavy atom. The third-order valence-electron chi connectivity index (χ3n) is 4.76. The molecule has 4 rings (SSSR count). The predicted molar refractivity (Wildman–Crippen MR) is 109 cm³/mol. The second kappa shape index (κ2) is 7.71. The minimum atomic E-state index is -0.583. The number of amides is 1. The van der Waals surface area contributed by atoms with Crippen molar-refractivity contribution in [3.63, 3.8) is 0 Å². The van der Waals surface area contributed by atoms with Crippen LogP contribution >= 0.6 is 0 Å². The highest BCUT2D eigenvalue weighted by atomic mass is 19.1. The molecule has 0 saturated carbocycles. The van der Waals surface area contributed by atoms with Gasteiger partial charge in [-0.25, -0.2) is 9.07 Å². The Labute approximate surface area is 166 Å². The molecule has 2 heterocycles. The number of carbonyl (C=O) groups excluding carboxylic acids is 1. The number of hydrogen-bond donors (Lipinski definition) is 2. The number of aromatic amines is 1. The summed E-state index contributed by atoms with van der Waals surface area (Å²) in [6.45, 7) is 1.98. The van der Waals surface area contributed by atoms with Crippen LogP contribution in [0, 0.1) is 12.7 Å². The largest absolute Gasteiger partial charge is 0.361 e. The first-order valence-electron chi connectivity index (χ1n) is 9.23. The molecule has 2 aromatic heterocycles. The van der Waals surface area contributed by atoms with Gasteiger partial charge in [-0.15, -0.1) is 0 Å². The van der Waals surface area contributed by atoms with E-state index >= 15 is 0 Å². The zero-order chi connectivity index (χ0) is 20.4. The lowest BCUT2D eigenvalue weighted by Crippen LogP contribution is -2.33. The first kappa shape index (κ1) is 18.6. The molecule has 4 aromatic rings. The van der Waals surface area contributed by atoms with Crippen LogP contribution in [0.25, 0.3) is 16.6 Å². The van der Waals surface area contributed by atoms with E-state index in [2.05, 4.69) is 15.4 Å². The molecule has 1 amide bonds. The van der Waals surface area contributed by atoms with E-state index in [0.29, 0.717) is 18.7 Å². The first-order valence-corrected chi connectivity index (χ1v) is 9.23. The lowest BCUT2D eigenvalue weighted by molar-refractivity contribution is 0.0946. The molecule has 0 spiro atoms. The van der Waals surface area contributed by atoms with Gasteiger partial charge in [-0.2, -0.15) is 5.10 Å². The average Bonchev–Trinajstić information content (AvgIpc) is 3.12. The zero-order valence-corrected chi connectivity index (χ0v) is 15.8. The smallest absolute Gasteiger partial charge is 0.275 e. The standard InChI is InChI=1S/C22H19FN4O2/c1-14-12-20(28)21(26-27(14)19-9-5-3-7-17(19)23)22(29)24-11-10-15-13-25-18-8-4-2-6-16(15)18/h2-9,12-13,25H,10-11H2,1H3,(H,24,29). The van der Waals surface area contributed by atoms with Crippen LogP contribution in [-0.4, -0.2) is 27.2 Å². The van der Waals surface area contributed by atoms with E-state index < -0.39 is 17.2 Å². The van der Waals surface area contributed by atoms with E-state index in [1.165, 1.54) is 16.8 Å².